The Balaban J connectivity index is 3.44. The van der Waals surface area contributed by atoms with Crippen molar-refractivity contribution in [3.63, 3.8) is 0 Å². The summed E-state index contributed by atoms with van der Waals surface area (Å²) >= 11 is 0. The standard InChI is InChI=1S/C13H29NO5Si4/c1-20(2,3)17-23(18-21(4,5)6,19-22(7,8)9)14-12(15)10-11-13(14)16/h10-11H,1-9H3. The van der Waals surface area contributed by atoms with Crippen molar-refractivity contribution in [3.8, 4) is 0 Å². The number of hydrogen-bond donors (Lipinski definition) is 0. The Labute approximate surface area is 143 Å². The lowest BCUT2D eigenvalue weighted by Gasteiger charge is -2.44. The van der Waals surface area contributed by atoms with Crippen molar-refractivity contribution in [1.29, 1.82) is 0 Å². The van der Waals surface area contributed by atoms with Gasteiger partial charge in [0, 0.05) is 12.2 Å². The van der Waals surface area contributed by atoms with E-state index in [0.717, 1.165) is 4.57 Å². The molecular formula is C13H29NO5Si4. The zero-order valence-electron chi connectivity index (χ0n) is 15.6. The third-order valence-electron chi connectivity index (χ3n) is 2.39. The van der Waals surface area contributed by atoms with Crippen LogP contribution < -0.4 is 0 Å². The van der Waals surface area contributed by atoms with E-state index in [4.69, 9.17) is 12.3 Å². The van der Waals surface area contributed by atoms with Crippen molar-refractivity contribution in [2.75, 3.05) is 0 Å². The molecule has 0 aromatic heterocycles. The first kappa shape index (κ1) is 20.7. The minimum atomic E-state index is -3.64. The van der Waals surface area contributed by atoms with Gasteiger partial charge in [0.1, 0.15) is 0 Å². The van der Waals surface area contributed by atoms with E-state index in [-0.39, 0.29) is 0 Å². The fraction of sp³-hybridized carbons (Fsp3) is 0.692. The molecule has 2 amide bonds. The monoisotopic (exact) mass is 391 g/mol. The maximum Gasteiger partial charge on any atom is 0.611 e. The summed E-state index contributed by atoms with van der Waals surface area (Å²) in [5.41, 5.74) is 0. The third kappa shape index (κ3) is 6.21. The molecule has 0 radical (unpaired) electrons. The topological polar surface area (TPSA) is 65.1 Å². The van der Waals surface area contributed by atoms with Crippen LogP contribution in [0.15, 0.2) is 12.2 Å². The van der Waals surface area contributed by atoms with Crippen molar-refractivity contribution in [2.24, 2.45) is 0 Å². The van der Waals surface area contributed by atoms with Gasteiger partial charge in [-0.3, -0.25) is 9.59 Å². The molecule has 0 fully saturated rings. The molecule has 0 unspecified atom stereocenters. The molecule has 0 aliphatic carbocycles. The van der Waals surface area contributed by atoms with Crippen molar-refractivity contribution in [2.45, 2.75) is 58.9 Å². The van der Waals surface area contributed by atoms with E-state index in [1.807, 2.05) is 58.9 Å². The first-order valence-electron chi connectivity index (χ1n) is 7.71. The van der Waals surface area contributed by atoms with Gasteiger partial charge in [-0.25, -0.2) is 4.57 Å². The van der Waals surface area contributed by atoms with Crippen LogP contribution in [0.4, 0.5) is 0 Å². The van der Waals surface area contributed by atoms with E-state index in [9.17, 15) is 9.59 Å². The highest BCUT2D eigenvalue weighted by atomic mass is 28.5. The Morgan fingerprint density at radius 2 is 0.913 bits per heavy atom. The molecule has 1 aliphatic rings. The highest BCUT2D eigenvalue weighted by Gasteiger charge is 2.60. The zero-order chi connectivity index (χ0) is 18.3. The summed E-state index contributed by atoms with van der Waals surface area (Å²) in [7, 11) is -10.0. The molecule has 0 saturated carbocycles. The first-order chi connectivity index (χ1) is 10.0. The fourth-order valence-corrected chi connectivity index (χ4v) is 14.7. The van der Waals surface area contributed by atoms with Crippen LogP contribution in [0.5, 0.6) is 0 Å². The smallest absolute Gasteiger partial charge is 0.400 e. The molecule has 0 N–H and O–H groups in total. The number of rotatable bonds is 7. The number of amides is 2. The Hall–Kier alpha value is -0.372. The quantitative estimate of drug-likeness (QED) is 0.493. The first-order valence-corrected chi connectivity index (χ1v) is 19.6. The van der Waals surface area contributed by atoms with E-state index in [1.54, 1.807) is 0 Å². The van der Waals surface area contributed by atoms with Crippen molar-refractivity contribution >= 4 is 45.7 Å². The van der Waals surface area contributed by atoms with Crippen LogP contribution >= 0.6 is 0 Å². The largest absolute Gasteiger partial charge is 0.611 e. The fourth-order valence-electron chi connectivity index (χ4n) is 2.03. The summed E-state index contributed by atoms with van der Waals surface area (Å²) in [6, 6.07) is 0. The highest BCUT2D eigenvalue weighted by Crippen LogP contribution is 2.30. The lowest BCUT2D eigenvalue weighted by atomic mass is 10.6. The van der Waals surface area contributed by atoms with Crippen molar-refractivity contribution < 1.29 is 21.9 Å². The molecule has 0 aromatic carbocycles. The van der Waals surface area contributed by atoms with E-state index in [2.05, 4.69) is 0 Å². The maximum atomic E-state index is 12.3. The second-order valence-corrected chi connectivity index (χ2v) is 25.1. The summed E-state index contributed by atoms with van der Waals surface area (Å²) in [5.74, 6) is -0.812. The van der Waals surface area contributed by atoms with Gasteiger partial charge >= 0.3 is 8.97 Å². The molecule has 0 bridgehead atoms. The SMILES string of the molecule is C[Si](C)(C)O[Si](O[Si](C)(C)C)(O[Si](C)(C)C)N1C(=O)C=CC1=O. The van der Waals surface area contributed by atoms with Crippen molar-refractivity contribution in [3.05, 3.63) is 12.2 Å². The van der Waals surface area contributed by atoms with Crippen LogP contribution in [-0.2, 0) is 21.9 Å². The molecular weight excluding hydrogens is 362 g/mol. The molecule has 1 rings (SSSR count). The van der Waals surface area contributed by atoms with Gasteiger partial charge in [-0.05, 0) is 58.9 Å². The third-order valence-corrected chi connectivity index (χ3v) is 13.8. The molecule has 0 atom stereocenters. The van der Waals surface area contributed by atoms with E-state index < -0.39 is 45.7 Å². The van der Waals surface area contributed by atoms with Crippen molar-refractivity contribution in [1.82, 2.24) is 4.57 Å². The number of nitrogens with zero attached hydrogens (tertiary/aromatic N) is 1. The lowest BCUT2D eigenvalue weighted by molar-refractivity contribution is -0.134. The molecule has 132 valence electrons. The molecule has 23 heavy (non-hydrogen) atoms. The molecule has 0 spiro atoms. The van der Waals surface area contributed by atoms with Crippen LogP contribution in [0.25, 0.3) is 0 Å². The molecule has 6 nitrogen and oxygen atoms in total. The van der Waals surface area contributed by atoms with Gasteiger partial charge in [0.25, 0.3) is 11.8 Å². The summed E-state index contributed by atoms with van der Waals surface area (Å²) in [5, 5.41) is 0. The number of carbonyl (C=O) groups is 2. The zero-order valence-corrected chi connectivity index (χ0v) is 19.6. The van der Waals surface area contributed by atoms with E-state index in [1.165, 1.54) is 12.2 Å². The van der Waals surface area contributed by atoms with Gasteiger partial charge in [0.05, 0.1) is 0 Å². The minimum absolute atomic E-state index is 0.406. The molecule has 1 heterocycles. The van der Waals surface area contributed by atoms with Gasteiger partial charge in [-0.2, -0.15) is 0 Å². The summed E-state index contributed by atoms with van der Waals surface area (Å²) in [6.07, 6.45) is 2.53. The molecule has 1 aliphatic heterocycles. The molecule has 0 saturated heterocycles. The molecule has 10 heteroatoms. The van der Waals surface area contributed by atoms with Gasteiger partial charge in [-0.15, -0.1) is 0 Å². The Kier molecular flexibility index (Phi) is 5.84. The normalized spacial score (nSPS) is 17.3. The van der Waals surface area contributed by atoms with Crippen LogP contribution in [0.2, 0.25) is 58.9 Å². The van der Waals surface area contributed by atoms with Gasteiger partial charge in [0.15, 0.2) is 25.0 Å². The van der Waals surface area contributed by atoms with E-state index >= 15 is 0 Å². The average molecular weight is 392 g/mol. The van der Waals surface area contributed by atoms with Crippen LogP contribution in [0, 0.1) is 0 Å². The summed E-state index contributed by atoms with van der Waals surface area (Å²) in [4.78, 5) is 24.7. The summed E-state index contributed by atoms with van der Waals surface area (Å²) in [6.45, 7) is 18.1. The Bertz CT molecular complexity index is 457. The second kappa shape index (κ2) is 6.50. The van der Waals surface area contributed by atoms with Gasteiger partial charge in [-0.1, -0.05) is 0 Å². The van der Waals surface area contributed by atoms with E-state index in [0.29, 0.717) is 0 Å². The minimum Gasteiger partial charge on any atom is -0.400 e. The van der Waals surface area contributed by atoms with Crippen LogP contribution in [0.1, 0.15) is 0 Å². The summed E-state index contributed by atoms with van der Waals surface area (Å²) < 4.78 is 20.2. The maximum absolute atomic E-state index is 12.3. The Morgan fingerprint density at radius 1 is 0.652 bits per heavy atom. The predicted octanol–water partition coefficient (Wildman–Crippen LogP) is 2.90. The van der Waals surface area contributed by atoms with Gasteiger partial charge < -0.3 is 12.3 Å². The number of imide groups is 1. The second-order valence-electron chi connectivity index (χ2n) is 8.51. The predicted molar refractivity (Wildman–Crippen MR) is 100 cm³/mol. The molecule has 0 aromatic rings. The van der Waals surface area contributed by atoms with Crippen LogP contribution in [0.3, 0.4) is 0 Å². The highest BCUT2D eigenvalue weighted by molar-refractivity contribution is 6.90. The lowest BCUT2D eigenvalue weighted by Crippen LogP contribution is -2.71. The van der Waals surface area contributed by atoms with Crippen LogP contribution in [-0.4, -0.2) is 50.3 Å². The number of hydrogen-bond acceptors (Lipinski definition) is 5. The Morgan fingerprint density at radius 3 is 1.13 bits per heavy atom. The average Bonchev–Trinajstić information content (AvgIpc) is 2.49. The number of carbonyl (C=O) groups excluding carboxylic acids is 2. The van der Waals surface area contributed by atoms with Gasteiger partial charge in [0.2, 0.25) is 0 Å².